The number of rotatable bonds is 0. The molecule has 3 rings (SSSR count). The quantitative estimate of drug-likeness (QED) is 0.681. The Hall–Kier alpha value is -0.0400. The minimum atomic E-state index is -0.0168. The zero-order valence-electron chi connectivity index (χ0n) is 12.4. The van der Waals surface area contributed by atoms with E-state index < -0.39 is 0 Å². The minimum Gasteiger partial charge on any atom is -0.393 e. The van der Waals surface area contributed by atoms with E-state index in [4.69, 9.17) is 0 Å². The molecule has 0 radical (unpaired) electrons. The molecule has 18 heavy (non-hydrogen) atoms. The van der Waals surface area contributed by atoms with E-state index in [-0.39, 0.29) is 6.10 Å². The van der Waals surface area contributed by atoms with Crippen LogP contribution >= 0.6 is 0 Å². The summed E-state index contributed by atoms with van der Waals surface area (Å²) in [5.74, 6) is 3.93. The molecule has 7 atom stereocenters. The van der Waals surface area contributed by atoms with Gasteiger partial charge in [-0.1, -0.05) is 33.6 Å². The van der Waals surface area contributed by atoms with E-state index in [1.54, 1.807) is 0 Å². The van der Waals surface area contributed by atoms with Crippen LogP contribution in [0.1, 0.15) is 65.7 Å². The molecule has 6 unspecified atom stereocenters. The molecular formula is C17H30O. The summed E-state index contributed by atoms with van der Waals surface area (Å²) in [7, 11) is 0. The highest BCUT2D eigenvalue weighted by Crippen LogP contribution is 2.60. The van der Waals surface area contributed by atoms with E-state index in [9.17, 15) is 5.11 Å². The molecule has 1 N–H and O–H groups in total. The molecule has 0 aliphatic heterocycles. The van der Waals surface area contributed by atoms with Gasteiger partial charge >= 0.3 is 0 Å². The van der Waals surface area contributed by atoms with Crippen LogP contribution in [0.3, 0.4) is 0 Å². The molecule has 3 fully saturated rings. The Balaban J connectivity index is 1.89. The summed E-state index contributed by atoms with van der Waals surface area (Å²) in [6.07, 6.45) is 9.40. The molecule has 1 nitrogen and oxygen atoms in total. The van der Waals surface area contributed by atoms with E-state index in [1.165, 1.54) is 38.5 Å². The van der Waals surface area contributed by atoms with Crippen LogP contribution < -0.4 is 0 Å². The van der Waals surface area contributed by atoms with Crippen molar-refractivity contribution >= 4 is 0 Å². The van der Waals surface area contributed by atoms with Crippen LogP contribution in [0.15, 0.2) is 0 Å². The van der Waals surface area contributed by atoms with Crippen LogP contribution in [0.4, 0.5) is 0 Å². The molecule has 0 aromatic heterocycles. The smallest absolute Gasteiger partial charge is 0.0578 e. The van der Waals surface area contributed by atoms with Gasteiger partial charge in [-0.15, -0.1) is 0 Å². The molecule has 0 amide bonds. The third-order valence-electron chi connectivity index (χ3n) is 6.79. The van der Waals surface area contributed by atoms with Crippen molar-refractivity contribution in [2.45, 2.75) is 71.8 Å². The van der Waals surface area contributed by atoms with Gasteiger partial charge in [0, 0.05) is 0 Å². The van der Waals surface area contributed by atoms with E-state index in [0.717, 1.165) is 30.1 Å². The Bertz CT molecular complexity index is 313. The third kappa shape index (κ3) is 1.85. The maximum atomic E-state index is 10.7. The summed E-state index contributed by atoms with van der Waals surface area (Å²) in [6, 6.07) is 0. The van der Waals surface area contributed by atoms with Gasteiger partial charge < -0.3 is 5.11 Å². The van der Waals surface area contributed by atoms with E-state index >= 15 is 0 Å². The van der Waals surface area contributed by atoms with E-state index in [2.05, 4.69) is 20.8 Å². The van der Waals surface area contributed by atoms with Gasteiger partial charge in [-0.05, 0) is 67.1 Å². The van der Waals surface area contributed by atoms with Crippen LogP contribution in [-0.2, 0) is 0 Å². The normalized spacial score (nSPS) is 56.7. The Morgan fingerprint density at radius 2 is 1.83 bits per heavy atom. The van der Waals surface area contributed by atoms with Gasteiger partial charge in [-0.2, -0.15) is 0 Å². The molecule has 1 heteroatoms. The van der Waals surface area contributed by atoms with Crippen molar-refractivity contribution in [3.63, 3.8) is 0 Å². The zero-order valence-corrected chi connectivity index (χ0v) is 12.4. The Kier molecular flexibility index (Phi) is 3.25. The average Bonchev–Trinajstić information content (AvgIpc) is 2.27. The monoisotopic (exact) mass is 250 g/mol. The lowest BCUT2D eigenvalue weighted by atomic mass is 9.47. The van der Waals surface area contributed by atoms with Gasteiger partial charge in [-0.25, -0.2) is 0 Å². The van der Waals surface area contributed by atoms with Crippen LogP contribution in [0.2, 0.25) is 0 Å². The lowest BCUT2D eigenvalue weighted by Crippen LogP contribution is -2.54. The van der Waals surface area contributed by atoms with Gasteiger partial charge in [0.25, 0.3) is 0 Å². The number of aliphatic hydroxyl groups excluding tert-OH is 1. The SMILES string of the molecule is CC1CC(O)C2C(CCC3C(C)CCC[C@]32C)C1. The summed E-state index contributed by atoms with van der Waals surface area (Å²) < 4.78 is 0. The fourth-order valence-electron chi connectivity index (χ4n) is 6.17. The summed E-state index contributed by atoms with van der Waals surface area (Å²) in [6.45, 7) is 7.31. The lowest BCUT2D eigenvalue weighted by Gasteiger charge is -2.59. The fraction of sp³-hybridized carbons (Fsp3) is 1.00. The topological polar surface area (TPSA) is 20.2 Å². The molecule has 3 aliphatic carbocycles. The Morgan fingerprint density at radius 1 is 1.06 bits per heavy atom. The predicted octanol–water partition coefficient (Wildman–Crippen LogP) is 4.25. The fourth-order valence-corrected chi connectivity index (χ4v) is 6.17. The summed E-state index contributed by atoms with van der Waals surface area (Å²) in [5, 5.41) is 10.7. The lowest BCUT2D eigenvalue weighted by molar-refractivity contribution is -0.137. The summed E-state index contributed by atoms with van der Waals surface area (Å²) in [5.41, 5.74) is 0.445. The highest BCUT2D eigenvalue weighted by molar-refractivity contribution is 5.04. The average molecular weight is 250 g/mol. The molecule has 0 heterocycles. The zero-order chi connectivity index (χ0) is 12.9. The molecule has 3 aliphatic rings. The van der Waals surface area contributed by atoms with Crippen molar-refractivity contribution < 1.29 is 5.11 Å². The van der Waals surface area contributed by atoms with Crippen molar-refractivity contribution in [1.82, 2.24) is 0 Å². The maximum absolute atomic E-state index is 10.7. The van der Waals surface area contributed by atoms with Crippen molar-refractivity contribution in [3.8, 4) is 0 Å². The second kappa shape index (κ2) is 4.51. The van der Waals surface area contributed by atoms with Gasteiger partial charge in [0.05, 0.1) is 6.10 Å². The van der Waals surface area contributed by atoms with Gasteiger partial charge in [0.2, 0.25) is 0 Å². The first kappa shape index (κ1) is 13.0. The molecular weight excluding hydrogens is 220 g/mol. The third-order valence-corrected chi connectivity index (χ3v) is 6.79. The molecule has 0 aromatic carbocycles. The highest BCUT2D eigenvalue weighted by atomic mass is 16.3. The van der Waals surface area contributed by atoms with Crippen molar-refractivity contribution in [3.05, 3.63) is 0 Å². The van der Waals surface area contributed by atoms with Crippen molar-refractivity contribution in [1.29, 1.82) is 0 Å². The molecule has 0 aromatic rings. The second-order valence-corrected chi connectivity index (χ2v) is 7.99. The van der Waals surface area contributed by atoms with E-state index in [0.29, 0.717) is 11.3 Å². The number of hydrogen-bond donors (Lipinski definition) is 1. The number of aliphatic hydroxyl groups is 1. The van der Waals surface area contributed by atoms with Crippen LogP contribution in [0.5, 0.6) is 0 Å². The minimum absolute atomic E-state index is 0.0168. The molecule has 0 spiro atoms. The van der Waals surface area contributed by atoms with Crippen LogP contribution in [0.25, 0.3) is 0 Å². The first-order chi connectivity index (χ1) is 8.52. The second-order valence-electron chi connectivity index (χ2n) is 7.99. The van der Waals surface area contributed by atoms with Crippen LogP contribution in [0, 0.1) is 35.0 Å². The number of hydrogen-bond acceptors (Lipinski definition) is 1. The molecule has 104 valence electrons. The van der Waals surface area contributed by atoms with Crippen molar-refractivity contribution in [2.75, 3.05) is 0 Å². The predicted molar refractivity (Wildman–Crippen MR) is 75.2 cm³/mol. The largest absolute Gasteiger partial charge is 0.393 e. The molecule has 0 saturated heterocycles. The molecule has 0 bridgehead atoms. The van der Waals surface area contributed by atoms with Gasteiger partial charge in [-0.3, -0.25) is 0 Å². The number of fused-ring (bicyclic) bond motifs is 3. The van der Waals surface area contributed by atoms with E-state index in [1.807, 2.05) is 0 Å². The first-order valence-corrected chi connectivity index (χ1v) is 8.20. The van der Waals surface area contributed by atoms with Crippen molar-refractivity contribution in [2.24, 2.45) is 35.0 Å². The standard InChI is InChI=1S/C17H30O/c1-11-9-13-6-7-14-12(2)5-4-8-17(14,3)16(13)15(18)10-11/h11-16,18H,4-10H2,1-3H3/t11?,12?,13?,14?,15?,16?,17-/m1/s1. The van der Waals surface area contributed by atoms with Gasteiger partial charge in [0.15, 0.2) is 0 Å². The summed E-state index contributed by atoms with van der Waals surface area (Å²) in [4.78, 5) is 0. The maximum Gasteiger partial charge on any atom is 0.0578 e. The van der Waals surface area contributed by atoms with Crippen LogP contribution in [-0.4, -0.2) is 11.2 Å². The summed E-state index contributed by atoms with van der Waals surface area (Å²) >= 11 is 0. The Morgan fingerprint density at radius 3 is 2.61 bits per heavy atom. The highest BCUT2D eigenvalue weighted by Gasteiger charge is 2.54. The van der Waals surface area contributed by atoms with Gasteiger partial charge in [0.1, 0.15) is 0 Å². The Labute approximate surface area is 112 Å². The first-order valence-electron chi connectivity index (χ1n) is 8.20. The molecule has 3 saturated carbocycles.